The van der Waals surface area contributed by atoms with Crippen molar-refractivity contribution in [2.24, 2.45) is 0 Å². The largest absolute Gasteiger partial charge is 0.477 e. The molecule has 0 aliphatic heterocycles. The van der Waals surface area contributed by atoms with E-state index in [0.29, 0.717) is 0 Å². The van der Waals surface area contributed by atoms with Crippen LogP contribution in [-0.2, 0) is 4.79 Å². The number of hydrogen-bond donors (Lipinski definition) is 2. The van der Waals surface area contributed by atoms with E-state index in [0.717, 1.165) is 12.8 Å². The Morgan fingerprint density at radius 2 is 2.14 bits per heavy atom. The Morgan fingerprint density at radius 3 is 2.76 bits per heavy atom. The van der Waals surface area contributed by atoms with Crippen LogP contribution in [0.3, 0.4) is 0 Å². The molecule has 1 saturated carbocycles. The van der Waals surface area contributed by atoms with Crippen molar-refractivity contribution in [2.75, 3.05) is 6.61 Å². The number of rotatable bonds is 5. The lowest BCUT2D eigenvalue weighted by atomic mass is 10.3. The number of halogens is 1. The first-order valence-electron chi connectivity index (χ1n) is 6.13. The number of ether oxygens (including phenoxy) is 1. The molecule has 0 radical (unpaired) electrons. The van der Waals surface area contributed by atoms with E-state index in [1.54, 1.807) is 0 Å². The molecule has 21 heavy (non-hydrogen) atoms. The zero-order valence-corrected chi connectivity index (χ0v) is 11.6. The van der Waals surface area contributed by atoms with Crippen LogP contribution in [0.5, 0.6) is 5.75 Å². The molecule has 1 aromatic carbocycles. The summed E-state index contributed by atoms with van der Waals surface area (Å²) in [5.41, 5.74) is -0.311. The third-order valence-electron chi connectivity index (χ3n) is 2.64. The summed E-state index contributed by atoms with van der Waals surface area (Å²) in [6.07, 6.45) is 1.79. The molecule has 0 heterocycles. The summed E-state index contributed by atoms with van der Waals surface area (Å²) < 4.78 is 5.04. The van der Waals surface area contributed by atoms with Crippen LogP contribution in [-0.4, -0.2) is 29.5 Å². The van der Waals surface area contributed by atoms with Gasteiger partial charge >= 0.3 is 11.7 Å². The molecule has 112 valence electrons. The van der Waals surface area contributed by atoms with E-state index >= 15 is 0 Å². The lowest BCUT2D eigenvalue weighted by Gasteiger charge is -2.08. The first-order valence-corrected chi connectivity index (χ1v) is 6.50. The van der Waals surface area contributed by atoms with Gasteiger partial charge in [0.1, 0.15) is 0 Å². The van der Waals surface area contributed by atoms with Gasteiger partial charge in [-0.1, -0.05) is 11.6 Å². The Morgan fingerprint density at radius 1 is 1.43 bits per heavy atom. The smallest absolute Gasteiger partial charge is 0.321 e. The van der Waals surface area contributed by atoms with Crippen molar-refractivity contribution < 1.29 is 19.2 Å². The minimum absolute atomic E-state index is 0.118. The zero-order valence-electron chi connectivity index (χ0n) is 10.8. The number of benzene rings is 1. The molecule has 0 atom stereocenters. The van der Waals surface area contributed by atoms with Gasteiger partial charge in [0.05, 0.1) is 4.92 Å². The number of amides is 3. The number of carbonyl (C=O) groups excluding carboxylic acids is 2. The highest BCUT2D eigenvalue weighted by Crippen LogP contribution is 2.29. The molecule has 1 aromatic rings. The number of carbonyl (C=O) groups is 2. The van der Waals surface area contributed by atoms with Crippen LogP contribution >= 0.6 is 11.6 Å². The summed E-state index contributed by atoms with van der Waals surface area (Å²) in [5, 5.41) is 15.7. The average Bonchev–Trinajstić information content (AvgIpc) is 3.19. The molecule has 0 saturated heterocycles. The van der Waals surface area contributed by atoms with Crippen molar-refractivity contribution in [1.82, 2.24) is 10.6 Å². The van der Waals surface area contributed by atoms with Crippen LogP contribution in [0.15, 0.2) is 18.2 Å². The first kappa shape index (κ1) is 15.0. The fraction of sp³-hybridized carbons (Fsp3) is 0.333. The Hall–Kier alpha value is -2.35. The van der Waals surface area contributed by atoms with Crippen molar-refractivity contribution in [3.05, 3.63) is 33.3 Å². The topological polar surface area (TPSA) is 111 Å². The molecule has 1 aliphatic rings. The quantitative estimate of drug-likeness (QED) is 0.634. The van der Waals surface area contributed by atoms with Crippen molar-refractivity contribution in [2.45, 2.75) is 18.9 Å². The van der Waals surface area contributed by atoms with Crippen molar-refractivity contribution in [3.8, 4) is 5.75 Å². The first-order chi connectivity index (χ1) is 9.95. The van der Waals surface area contributed by atoms with Gasteiger partial charge in [0.25, 0.3) is 5.91 Å². The Balaban J connectivity index is 1.89. The molecule has 9 heteroatoms. The third-order valence-corrected chi connectivity index (χ3v) is 2.88. The molecule has 0 aromatic heterocycles. The molecule has 0 spiro atoms. The maximum absolute atomic E-state index is 11.5. The summed E-state index contributed by atoms with van der Waals surface area (Å²) in [4.78, 5) is 33.0. The number of nitrogens with zero attached hydrogens (tertiary/aromatic N) is 1. The van der Waals surface area contributed by atoms with E-state index < -0.39 is 23.5 Å². The van der Waals surface area contributed by atoms with E-state index in [1.165, 1.54) is 18.2 Å². The number of hydrogen-bond acceptors (Lipinski definition) is 5. The predicted octanol–water partition coefficient (Wildman–Crippen LogP) is 1.62. The van der Waals surface area contributed by atoms with E-state index in [1.807, 2.05) is 0 Å². The highest BCUT2D eigenvalue weighted by atomic mass is 35.5. The molecule has 3 amide bonds. The Bertz CT molecular complexity index is 588. The lowest BCUT2D eigenvalue weighted by molar-refractivity contribution is -0.385. The van der Waals surface area contributed by atoms with E-state index in [2.05, 4.69) is 10.6 Å². The summed E-state index contributed by atoms with van der Waals surface area (Å²) >= 11 is 5.72. The standard InChI is InChI=1S/C12H12ClN3O5/c13-7-1-4-9(16(19)20)10(5-7)21-6-11(17)15-12(18)14-8-2-3-8/h1,4-5,8H,2-3,6H2,(H2,14,15,17,18). The molecule has 1 aliphatic carbocycles. The number of nitrogens with one attached hydrogen (secondary N) is 2. The van der Waals surface area contributed by atoms with Gasteiger partial charge in [0.2, 0.25) is 0 Å². The van der Waals surface area contributed by atoms with E-state index in [-0.39, 0.29) is 22.5 Å². The Kier molecular flexibility index (Phi) is 4.59. The summed E-state index contributed by atoms with van der Waals surface area (Å²) in [7, 11) is 0. The number of nitro groups is 1. The minimum atomic E-state index is -0.706. The van der Waals surface area contributed by atoms with Gasteiger partial charge in [0.15, 0.2) is 12.4 Å². The van der Waals surface area contributed by atoms with Crippen LogP contribution in [0.2, 0.25) is 5.02 Å². The van der Waals surface area contributed by atoms with E-state index in [9.17, 15) is 19.7 Å². The predicted molar refractivity (Wildman–Crippen MR) is 73.3 cm³/mol. The van der Waals surface area contributed by atoms with Crippen LogP contribution < -0.4 is 15.4 Å². The Labute approximate surface area is 124 Å². The van der Waals surface area contributed by atoms with Gasteiger partial charge in [-0.05, 0) is 18.9 Å². The monoisotopic (exact) mass is 313 g/mol. The van der Waals surface area contributed by atoms with Crippen LogP contribution in [0.1, 0.15) is 12.8 Å². The number of nitro benzene ring substituents is 1. The molecular formula is C12H12ClN3O5. The lowest BCUT2D eigenvalue weighted by Crippen LogP contribution is -2.42. The van der Waals surface area contributed by atoms with Crippen molar-refractivity contribution >= 4 is 29.2 Å². The second-order valence-corrected chi connectivity index (χ2v) is 4.89. The van der Waals surface area contributed by atoms with Crippen LogP contribution in [0.4, 0.5) is 10.5 Å². The normalized spacial score (nSPS) is 13.4. The maximum Gasteiger partial charge on any atom is 0.321 e. The van der Waals surface area contributed by atoms with Crippen LogP contribution in [0, 0.1) is 10.1 Å². The molecule has 0 bridgehead atoms. The molecule has 2 rings (SSSR count). The van der Waals surface area contributed by atoms with Gasteiger partial charge in [-0.25, -0.2) is 4.79 Å². The van der Waals surface area contributed by atoms with Crippen molar-refractivity contribution in [3.63, 3.8) is 0 Å². The average molecular weight is 314 g/mol. The SMILES string of the molecule is O=C(COc1cc(Cl)ccc1[N+](=O)[O-])NC(=O)NC1CC1. The molecule has 2 N–H and O–H groups in total. The highest BCUT2D eigenvalue weighted by Gasteiger charge is 2.24. The van der Waals surface area contributed by atoms with Gasteiger partial charge in [0, 0.05) is 23.2 Å². The van der Waals surface area contributed by atoms with Gasteiger partial charge in [-0.15, -0.1) is 0 Å². The zero-order chi connectivity index (χ0) is 15.4. The summed E-state index contributed by atoms with van der Waals surface area (Å²) in [6, 6.07) is 3.27. The summed E-state index contributed by atoms with van der Waals surface area (Å²) in [5.74, 6) is -0.840. The molecule has 0 unspecified atom stereocenters. The second-order valence-electron chi connectivity index (χ2n) is 4.45. The molecular weight excluding hydrogens is 302 g/mol. The van der Waals surface area contributed by atoms with E-state index in [4.69, 9.17) is 16.3 Å². The highest BCUT2D eigenvalue weighted by molar-refractivity contribution is 6.30. The van der Waals surface area contributed by atoms with Gasteiger partial charge in [-0.3, -0.25) is 20.2 Å². The van der Waals surface area contributed by atoms with Gasteiger partial charge in [-0.2, -0.15) is 0 Å². The maximum atomic E-state index is 11.5. The third kappa shape index (κ3) is 4.60. The van der Waals surface area contributed by atoms with Gasteiger partial charge < -0.3 is 10.1 Å². The minimum Gasteiger partial charge on any atom is -0.477 e. The number of imide groups is 1. The van der Waals surface area contributed by atoms with Crippen LogP contribution in [0.25, 0.3) is 0 Å². The summed E-state index contributed by atoms with van der Waals surface area (Å²) in [6.45, 7) is -0.529. The fourth-order valence-electron chi connectivity index (χ4n) is 1.51. The fourth-order valence-corrected chi connectivity index (χ4v) is 1.67. The molecule has 1 fully saturated rings. The molecule has 8 nitrogen and oxygen atoms in total. The second kappa shape index (κ2) is 6.40. The van der Waals surface area contributed by atoms with Crippen molar-refractivity contribution in [1.29, 1.82) is 0 Å². The number of urea groups is 1.